The average molecular weight is 398 g/mol. The quantitative estimate of drug-likeness (QED) is 0.738. The molecule has 1 aliphatic rings. The number of nitriles is 1. The third kappa shape index (κ3) is 4.22. The van der Waals surface area contributed by atoms with Crippen molar-refractivity contribution in [1.29, 1.82) is 5.26 Å². The fourth-order valence-electron chi connectivity index (χ4n) is 3.68. The first-order chi connectivity index (χ1) is 13.5. The third-order valence-electron chi connectivity index (χ3n) is 5.59. The first kappa shape index (κ1) is 20.4. The van der Waals surface area contributed by atoms with Crippen LogP contribution < -0.4 is 0 Å². The van der Waals surface area contributed by atoms with E-state index in [1.54, 1.807) is 11.9 Å². The fourth-order valence-corrected chi connectivity index (χ4v) is 4.50. The molecule has 148 valence electrons. The van der Waals surface area contributed by atoms with Crippen LogP contribution in [0.5, 0.6) is 0 Å². The number of aromatic nitrogens is 3. The van der Waals surface area contributed by atoms with Gasteiger partial charge in [0.25, 0.3) is 0 Å². The number of rotatable bonds is 6. The van der Waals surface area contributed by atoms with Crippen molar-refractivity contribution in [2.45, 2.75) is 68.3 Å². The number of H-pyrrole nitrogens is 1. The van der Waals surface area contributed by atoms with Gasteiger partial charge < -0.3 is 4.90 Å². The highest BCUT2D eigenvalue weighted by Crippen LogP contribution is 2.34. The lowest BCUT2D eigenvalue weighted by molar-refractivity contribution is -0.133. The second-order valence-corrected chi connectivity index (χ2v) is 8.69. The van der Waals surface area contributed by atoms with Crippen LogP contribution >= 0.6 is 11.8 Å². The number of thioether (sulfide) groups is 1. The van der Waals surface area contributed by atoms with E-state index in [4.69, 9.17) is 0 Å². The Morgan fingerprint density at radius 3 is 2.61 bits per heavy atom. The first-order valence-corrected chi connectivity index (χ1v) is 10.7. The molecule has 6 nitrogen and oxygen atoms in total. The van der Waals surface area contributed by atoms with E-state index in [-0.39, 0.29) is 11.2 Å². The SMILES string of the molecule is CCc1ccc(-c2nc(S[C@@H](C)C(=O)N(C)C3(C#N)CCCCC3)n[nH]2)cc1. The van der Waals surface area contributed by atoms with Crippen LogP contribution in [-0.2, 0) is 11.2 Å². The molecule has 28 heavy (non-hydrogen) atoms. The Labute approximate surface area is 170 Å². The number of nitrogens with zero attached hydrogens (tertiary/aromatic N) is 4. The van der Waals surface area contributed by atoms with Gasteiger partial charge in [0, 0.05) is 12.6 Å². The van der Waals surface area contributed by atoms with Crippen molar-refractivity contribution in [3.8, 4) is 17.5 Å². The van der Waals surface area contributed by atoms with Gasteiger partial charge in [0.1, 0.15) is 5.54 Å². The van der Waals surface area contributed by atoms with Gasteiger partial charge in [-0.15, -0.1) is 5.10 Å². The van der Waals surface area contributed by atoms with E-state index in [0.29, 0.717) is 11.0 Å². The summed E-state index contributed by atoms with van der Waals surface area (Å²) < 4.78 is 0. The van der Waals surface area contributed by atoms with Gasteiger partial charge in [-0.1, -0.05) is 62.2 Å². The van der Waals surface area contributed by atoms with Crippen molar-refractivity contribution < 1.29 is 4.79 Å². The molecule has 1 N–H and O–H groups in total. The van der Waals surface area contributed by atoms with Gasteiger partial charge in [-0.3, -0.25) is 9.89 Å². The summed E-state index contributed by atoms with van der Waals surface area (Å²) >= 11 is 1.32. The number of hydrogen-bond donors (Lipinski definition) is 1. The van der Waals surface area contributed by atoms with E-state index in [1.165, 1.54) is 17.3 Å². The van der Waals surface area contributed by atoms with Crippen molar-refractivity contribution in [3.05, 3.63) is 29.8 Å². The maximum absolute atomic E-state index is 12.9. The summed E-state index contributed by atoms with van der Waals surface area (Å²) in [6.45, 7) is 3.97. The van der Waals surface area contributed by atoms with Crippen LogP contribution in [0.1, 0.15) is 51.5 Å². The first-order valence-electron chi connectivity index (χ1n) is 9.86. The topological polar surface area (TPSA) is 85.7 Å². The summed E-state index contributed by atoms with van der Waals surface area (Å²) in [6.07, 6.45) is 5.62. The van der Waals surface area contributed by atoms with Gasteiger partial charge in [0.15, 0.2) is 5.82 Å². The summed E-state index contributed by atoms with van der Waals surface area (Å²) in [5, 5.41) is 17.1. The summed E-state index contributed by atoms with van der Waals surface area (Å²) in [6, 6.07) is 10.6. The van der Waals surface area contributed by atoms with Gasteiger partial charge in [0.05, 0.1) is 11.3 Å². The van der Waals surface area contributed by atoms with E-state index < -0.39 is 5.54 Å². The van der Waals surface area contributed by atoms with Gasteiger partial charge in [-0.25, -0.2) is 4.98 Å². The number of aromatic amines is 1. The lowest BCUT2D eigenvalue weighted by Crippen LogP contribution is -2.52. The Balaban J connectivity index is 1.67. The molecule has 1 heterocycles. The Bertz CT molecular complexity index is 848. The van der Waals surface area contributed by atoms with Crippen molar-refractivity contribution in [2.75, 3.05) is 7.05 Å². The van der Waals surface area contributed by atoms with Gasteiger partial charge >= 0.3 is 0 Å². The van der Waals surface area contributed by atoms with Crippen LogP contribution in [0.4, 0.5) is 0 Å². The lowest BCUT2D eigenvalue weighted by Gasteiger charge is -2.39. The highest BCUT2D eigenvalue weighted by molar-refractivity contribution is 8.00. The van der Waals surface area contributed by atoms with Crippen LogP contribution in [0.25, 0.3) is 11.4 Å². The molecule has 1 aromatic heterocycles. The Kier molecular flexibility index (Phi) is 6.40. The second kappa shape index (κ2) is 8.78. The number of carbonyl (C=O) groups excluding carboxylic acids is 1. The van der Waals surface area contributed by atoms with Crippen molar-refractivity contribution in [2.24, 2.45) is 0 Å². The molecule has 7 heteroatoms. The second-order valence-electron chi connectivity index (χ2n) is 7.38. The van der Waals surface area contributed by atoms with Gasteiger partial charge in [-0.05, 0) is 31.7 Å². The highest BCUT2D eigenvalue weighted by Gasteiger charge is 2.40. The minimum Gasteiger partial charge on any atom is -0.326 e. The minimum absolute atomic E-state index is 0.0490. The number of carbonyl (C=O) groups is 1. The zero-order chi connectivity index (χ0) is 20.1. The number of nitrogens with one attached hydrogen (secondary N) is 1. The molecule has 1 aliphatic carbocycles. The minimum atomic E-state index is -0.671. The standard InChI is InChI=1S/C21H27N5OS/c1-4-16-8-10-17(11-9-16)18-23-20(25-24-18)28-15(2)19(27)26(3)21(14-22)12-6-5-7-13-21/h8-11,15H,4-7,12-13H2,1-3H3,(H,23,24,25)/t15-/m0/s1. The van der Waals surface area contributed by atoms with Crippen LogP contribution in [0.15, 0.2) is 29.4 Å². The molecule has 1 saturated carbocycles. The number of aryl methyl sites for hydroxylation is 1. The molecule has 1 fully saturated rings. The molecule has 1 amide bonds. The maximum Gasteiger partial charge on any atom is 0.236 e. The van der Waals surface area contributed by atoms with Crippen LogP contribution in [-0.4, -0.2) is 43.8 Å². The normalized spacial score (nSPS) is 16.9. The van der Waals surface area contributed by atoms with Crippen molar-refractivity contribution in [3.63, 3.8) is 0 Å². The average Bonchev–Trinajstić information content (AvgIpc) is 3.21. The molecule has 2 aromatic rings. The smallest absolute Gasteiger partial charge is 0.236 e. The Morgan fingerprint density at radius 2 is 2.00 bits per heavy atom. The molecule has 0 bridgehead atoms. The fraction of sp³-hybridized carbons (Fsp3) is 0.524. The summed E-state index contributed by atoms with van der Waals surface area (Å²) in [7, 11) is 1.76. The Hall–Kier alpha value is -2.33. The third-order valence-corrected chi connectivity index (χ3v) is 6.54. The number of benzene rings is 1. The summed E-state index contributed by atoms with van der Waals surface area (Å²) in [5.74, 6) is 0.644. The van der Waals surface area contributed by atoms with Crippen molar-refractivity contribution in [1.82, 2.24) is 20.1 Å². The van der Waals surface area contributed by atoms with Crippen LogP contribution in [0.2, 0.25) is 0 Å². The summed E-state index contributed by atoms with van der Waals surface area (Å²) in [4.78, 5) is 19.1. The predicted octanol–water partition coefficient (Wildman–Crippen LogP) is 4.20. The van der Waals surface area contributed by atoms with E-state index in [9.17, 15) is 10.1 Å². The molecule has 0 spiro atoms. The van der Waals surface area contributed by atoms with E-state index in [1.807, 2.05) is 19.1 Å². The molecule has 0 saturated heterocycles. The maximum atomic E-state index is 12.9. The molecule has 3 rings (SSSR count). The zero-order valence-electron chi connectivity index (χ0n) is 16.7. The number of amides is 1. The molecular weight excluding hydrogens is 370 g/mol. The molecule has 1 atom stereocenters. The van der Waals surface area contributed by atoms with E-state index in [2.05, 4.69) is 40.3 Å². The van der Waals surface area contributed by atoms with Crippen molar-refractivity contribution >= 4 is 17.7 Å². The lowest BCUT2D eigenvalue weighted by atomic mass is 9.81. The number of hydrogen-bond acceptors (Lipinski definition) is 5. The molecule has 0 aliphatic heterocycles. The van der Waals surface area contributed by atoms with Gasteiger partial charge in [-0.2, -0.15) is 5.26 Å². The highest BCUT2D eigenvalue weighted by atomic mass is 32.2. The molecular formula is C21H27N5OS. The van der Waals surface area contributed by atoms with Crippen LogP contribution in [0, 0.1) is 11.3 Å². The monoisotopic (exact) mass is 397 g/mol. The van der Waals surface area contributed by atoms with E-state index >= 15 is 0 Å². The molecule has 0 unspecified atom stereocenters. The molecule has 1 aromatic carbocycles. The molecule has 0 radical (unpaired) electrons. The van der Waals surface area contributed by atoms with E-state index in [0.717, 1.165) is 44.1 Å². The zero-order valence-corrected chi connectivity index (χ0v) is 17.6. The van der Waals surface area contributed by atoms with Crippen LogP contribution in [0.3, 0.4) is 0 Å². The summed E-state index contributed by atoms with van der Waals surface area (Å²) in [5.41, 5.74) is 1.57. The largest absolute Gasteiger partial charge is 0.326 e. The van der Waals surface area contributed by atoms with Gasteiger partial charge in [0.2, 0.25) is 11.1 Å². The predicted molar refractivity (Wildman–Crippen MR) is 111 cm³/mol. The Morgan fingerprint density at radius 1 is 1.32 bits per heavy atom.